The molecular formula is C19H19F2NO3. The second-order valence-corrected chi connectivity index (χ2v) is 5.65. The molecule has 25 heavy (non-hydrogen) atoms. The van der Waals surface area contributed by atoms with Gasteiger partial charge in [-0.2, -0.15) is 8.78 Å². The zero-order valence-corrected chi connectivity index (χ0v) is 13.6. The van der Waals surface area contributed by atoms with Crippen molar-refractivity contribution in [2.24, 2.45) is 0 Å². The number of nitrogens with zero attached hydrogens (tertiary/aromatic N) is 1. The lowest BCUT2D eigenvalue weighted by atomic mass is 10.1. The van der Waals surface area contributed by atoms with Crippen molar-refractivity contribution in [2.45, 2.75) is 25.3 Å². The van der Waals surface area contributed by atoms with Gasteiger partial charge in [0.15, 0.2) is 0 Å². The van der Waals surface area contributed by atoms with E-state index in [1.165, 1.54) is 24.3 Å². The van der Waals surface area contributed by atoms with Crippen LogP contribution >= 0.6 is 0 Å². The summed E-state index contributed by atoms with van der Waals surface area (Å²) in [5.41, 5.74) is 0.325. The van der Waals surface area contributed by atoms with Gasteiger partial charge in [-0.25, -0.2) is 0 Å². The number of carbonyl (C=O) groups is 2. The Hall–Kier alpha value is -2.76. The fourth-order valence-corrected chi connectivity index (χ4v) is 2.45. The van der Waals surface area contributed by atoms with Crippen LogP contribution in [0.5, 0.6) is 0 Å². The van der Waals surface area contributed by atoms with Crippen LogP contribution in [-0.2, 0) is 22.1 Å². The zero-order valence-electron chi connectivity index (χ0n) is 13.6. The fraction of sp³-hybridized carbons (Fsp3) is 0.263. The van der Waals surface area contributed by atoms with E-state index in [1.54, 1.807) is 36.4 Å². The number of amides is 1. The van der Waals surface area contributed by atoms with Crippen molar-refractivity contribution in [3.8, 4) is 0 Å². The topological polar surface area (TPSA) is 57.6 Å². The van der Waals surface area contributed by atoms with Crippen molar-refractivity contribution in [1.29, 1.82) is 0 Å². The van der Waals surface area contributed by atoms with Crippen molar-refractivity contribution in [1.82, 2.24) is 4.90 Å². The van der Waals surface area contributed by atoms with E-state index in [4.69, 9.17) is 5.11 Å². The Morgan fingerprint density at radius 2 is 1.52 bits per heavy atom. The molecule has 2 aromatic carbocycles. The summed E-state index contributed by atoms with van der Waals surface area (Å²) in [5, 5.41) is 8.74. The molecule has 0 unspecified atom stereocenters. The molecule has 0 heterocycles. The highest BCUT2D eigenvalue weighted by atomic mass is 19.3. The minimum absolute atomic E-state index is 0.00170. The lowest BCUT2D eigenvalue weighted by Crippen LogP contribution is -2.42. The molecule has 0 radical (unpaired) electrons. The molecule has 1 amide bonds. The Bertz CT molecular complexity index is 705. The molecule has 0 saturated carbocycles. The van der Waals surface area contributed by atoms with E-state index in [1.807, 2.05) is 0 Å². The number of halogens is 2. The number of alkyl halides is 2. The number of carboxylic acid groups (broad SMARTS) is 1. The van der Waals surface area contributed by atoms with Crippen LogP contribution in [0.1, 0.15) is 24.0 Å². The van der Waals surface area contributed by atoms with Crippen LogP contribution in [0.15, 0.2) is 60.7 Å². The fourth-order valence-electron chi connectivity index (χ4n) is 2.45. The van der Waals surface area contributed by atoms with Gasteiger partial charge >= 0.3 is 11.9 Å². The van der Waals surface area contributed by atoms with Crippen molar-refractivity contribution in [3.63, 3.8) is 0 Å². The number of aliphatic carboxylic acids is 1. The smallest absolute Gasteiger partial charge is 0.349 e. The molecule has 2 aromatic rings. The molecule has 4 nitrogen and oxygen atoms in total. The first-order valence-corrected chi connectivity index (χ1v) is 7.89. The first-order valence-electron chi connectivity index (χ1n) is 7.89. The van der Waals surface area contributed by atoms with Gasteiger partial charge in [0.1, 0.15) is 0 Å². The molecule has 0 bridgehead atoms. The Morgan fingerprint density at radius 3 is 2.08 bits per heavy atom. The molecule has 2 rings (SSSR count). The predicted octanol–water partition coefficient (Wildman–Crippen LogP) is 3.67. The van der Waals surface area contributed by atoms with Gasteiger partial charge in [-0.05, 0) is 12.0 Å². The van der Waals surface area contributed by atoms with Gasteiger partial charge in [0, 0.05) is 25.1 Å². The van der Waals surface area contributed by atoms with E-state index >= 15 is 0 Å². The van der Waals surface area contributed by atoms with E-state index in [0.717, 1.165) is 4.90 Å². The normalized spacial score (nSPS) is 11.1. The first kappa shape index (κ1) is 18.6. The van der Waals surface area contributed by atoms with Crippen molar-refractivity contribution in [3.05, 3.63) is 71.8 Å². The zero-order chi connectivity index (χ0) is 18.3. The summed E-state index contributed by atoms with van der Waals surface area (Å²) >= 11 is 0. The summed E-state index contributed by atoms with van der Waals surface area (Å²) in [6.07, 6.45) is -0.0751. The van der Waals surface area contributed by atoms with Crippen LogP contribution in [-0.4, -0.2) is 28.4 Å². The summed E-state index contributed by atoms with van der Waals surface area (Å²) in [6.45, 7) is -0.0514. The maximum absolute atomic E-state index is 14.6. The van der Waals surface area contributed by atoms with Crippen LogP contribution in [0, 0.1) is 0 Å². The average molecular weight is 347 g/mol. The highest BCUT2D eigenvalue weighted by molar-refractivity contribution is 5.85. The SMILES string of the molecule is O=C(O)CCCN(Cc1ccccc1)C(=O)C(F)(F)c1ccccc1. The predicted molar refractivity (Wildman–Crippen MR) is 89.1 cm³/mol. The monoisotopic (exact) mass is 347 g/mol. The summed E-state index contributed by atoms with van der Waals surface area (Å²) in [7, 11) is 0. The molecule has 0 spiro atoms. The third-order valence-corrected chi connectivity index (χ3v) is 3.73. The maximum Gasteiger partial charge on any atom is 0.349 e. The van der Waals surface area contributed by atoms with E-state index in [9.17, 15) is 18.4 Å². The quantitative estimate of drug-likeness (QED) is 0.793. The lowest BCUT2D eigenvalue weighted by Gasteiger charge is -2.27. The number of carbonyl (C=O) groups excluding carboxylic acids is 1. The summed E-state index contributed by atoms with van der Waals surface area (Å²) < 4.78 is 29.2. The van der Waals surface area contributed by atoms with Crippen molar-refractivity contribution >= 4 is 11.9 Å². The number of carboxylic acids is 1. The molecule has 0 aliphatic rings. The number of rotatable bonds is 8. The van der Waals surface area contributed by atoms with Gasteiger partial charge in [-0.3, -0.25) is 9.59 Å². The minimum atomic E-state index is -3.67. The van der Waals surface area contributed by atoms with Gasteiger partial charge in [0.2, 0.25) is 0 Å². The van der Waals surface area contributed by atoms with Crippen LogP contribution in [0.2, 0.25) is 0 Å². The summed E-state index contributed by atoms with van der Waals surface area (Å²) in [5.74, 6) is -6.02. The highest BCUT2D eigenvalue weighted by Crippen LogP contribution is 2.30. The highest BCUT2D eigenvalue weighted by Gasteiger charge is 2.43. The summed E-state index contributed by atoms with van der Waals surface area (Å²) in [6, 6.07) is 15.7. The Labute approximate surface area is 144 Å². The third kappa shape index (κ3) is 5.11. The van der Waals surface area contributed by atoms with E-state index in [-0.39, 0.29) is 31.5 Å². The van der Waals surface area contributed by atoms with Gasteiger partial charge in [-0.15, -0.1) is 0 Å². The molecular weight excluding hydrogens is 328 g/mol. The minimum Gasteiger partial charge on any atom is -0.481 e. The number of benzene rings is 2. The molecule has 0 fully saturated rings. The lowest BCUT2D eigenvalue weighted by molar-refractivity contribution is -0.160. The van der Waals surface area contributed by atoms with Crippen LogP contribution in [0.25, 0.3) is 0 Å². The van der Waals surface area contributed by atoms with Crippen LogP contribution in [0.3, 0.4) is 0 Å². The molecule has 132 valence electrons. The van der Waals surface area contributed by atoms with Crippen molar-refractivity contribution in [2.75, 3.05) is 6.54 Å². The van der Waals surface area contributed by atoms with Gasteiger partial charge < -0.3 is 10.0 Å². The Kier molecular flexibility index (Phi) is 6.22. The van der Waals surface area contributed by atoms with Crippen LogP contribution < -0.4 is 0 Å². The third-order valence-electron chi connectivity index (χ3n) is 3.73. The summed E-state index contributed by atoms with van der Waals surface area (Å²) in [4.78, 5) is 24.2. The molecule has 0 saturated heterocycles. The standard InChI is InChI=1S/C19H19F2NO3/c20-19(21,16-10-5-2-6-11-16)18(25)22(13-7-12-17(23)24)14-15-8-3-1-4-9-15/h1-6,8-11H,7,12-14H2,(H,23,24). The molecule has 6 heteroatoms. The molecule has 0 aromatic heterocycles. The molecule has 0 atom stereocenters. The number of hydrogen-bond acceptors (Lipinski definition) is 2. The molecule has 0 aliphatic heterocycles. The van der Waals surface area contributed by atoms with E-state index in [0.29, 0.717) is 5.56 Å². The van der Waals surface area contributed by atoms with E-state index in [2.05, 4.69) is 0 Å². The van der Waals surface area contributed by atoms with Gasteiger partial charge in [0.05, 0.1) is 0 Å². The first-order chi connectivity index (χ1) is 11.9. The molecule has 0 aliphatic carbocycles. The largest absolute Gasteiger partial charge is 0.481 e. The number of hydrogen-bond donors (Lipinski definition) is 1. The second kappa shape index (κ2) is 8.37. The van der Waals surface area contributed by atoms with Crippen LogP contribution in [0.4, 0.5) is 8.78 Å². The van der Waals surface area contributed by atoms with Gasteiger partial charge in [0.25, 0.3) is 5.91 Å². The maximum atomic E-state index is 14.6. The average Bonchev–Trinajstić information content (AvgIpc) is 2.61. The Balaban J connectivity index is 2.20. The molecule has 1 N–H and O–H groups in total. The Morgan fingerprint density at radius 1 is 0.960 bits per heavy atom. The van der Waals surface area contributed by atoms with E-state index < -0.39 is 17.8 Å². The van der Waals surface area contributed by atoms with Gasteiger partial charge in [-0.1, -0.05) is 60.7 Å². The van der Waals surface area contributed by atoms with Crippen molar-refractivity contribution < 1.29 is 23.5 Å². The second-order valence-electron chi connectivity index (χ2n) is 5.65.